The van der Waals surface area contributed by atoms with Gasteiger partial charge in [0.2, 0.25) is 5.91 Å². The third-order valence-corrected chi connectivity index (χ3v) is 11.0. The molecule has 0 saturated carbocycles. The molecule has 0 aromatic heterocycles. The van der Waals surface area contributed by atoms with Crippen LogP contribution in [0.25, 0.3) is 0 Å². The van der Waals surface area contributed by atoms with Crippen molar-refractivity contribution in [3.8, 4) is 11.5 Å². The van der Waals surface area contributed by atoms with Gasteiger partial charge in [0.1, 0.15) is 23.8 Å². The van der Waals surface area contributed by atoms with Crippen molar-refractivity contribution in [2.45, 2.75) is 45.5 Å². The molecular weight excluding hydrogens is 665 g/mol. The number of carbonyl (C=O) groups excluding carboxylic acids is 1. The maximum absolute atomic E-state index is 14.5. The Balaban J connectivity index is 1.53. The number of carbonyl (C=O) groups is 1. The van der Waals surface area contributed by atoms with Crippen molar-refractivity contribution in [2.24, 2.45) is 5.41 Å². The Labute approximate surface area is 281 Å². The molecule has 7 nitrogen and oxygen atoms in total. The highest BCUT2D eigenvalue weighted by molar-refractivity contribution is 7.95. The molecule has 6 rings (SSSR count). The molecule has 2 aliphatic rings. The van der Waals surface area contributed by atoms with E-state index in [1.807, 2.05) is 30.3 Å². The highest BCUT2D eigenvalue weighted by atomic mass is 35.5. The van der Waals surface area contributed by atoms with Crippen LogP contribution in [0.2, 0.25) is 5.02 Å². The predicted molar refractivity (Wildman–Crippen MR) is 179 cm³/mol. The summed E-state index contributed by atoms with van der Waals surface area (Å²) in [7, 11) is -4.10. The number of rotatable bonds is 6. The van der Waals surface area contributed by atoms with Crippen molar-refractivity contribution in [1.82, 2.24) is 0 Å². The van der Waals surface area contributed by atoms with E-state index in [2.05, 4.69) is 5.32 Å². The van der Waals surface area contributed by atoms with Gasteiger partial charge in [-0.15, -0.1) is 0 Å². The van der Waals surface area contributed by atoms with E-state index in [9.17, 15) is 31.5 Å². The lowest BCUT2D eigenvalue weighted by Crippen LogP contribution is -2.41. The number of phenolic OH excluding ortho intramolecular Hbond substituents is 1. The van der Waals surface area contributed by atoms with Crippen LogP contribution < -0.4 is 15.0 Å². The van der Waals surface area contributed by atoms with Crippen LogP contribution in [0.15, 0.2) is 102 Å². The fourth-order valence-corrected chi connectivity index (χ4v) is 9.03. The number of nitrogens with one attached hydrogen (secondary N) is 1. The van der Waals surface area contributed by atoms with E-state index in [-0.39, 0.29) is 57.1 Å². The first-order valence-electron chi connectivity index (χ1n) is 15.1. The van der Waals surface area contributed by atoms with E-state index in [1.165, 1.54) is 42.5 Å². The fourth-order valence-electron chi connectivity index (χ4n) is 6.42. The lowest BCUT2D eigenvalue weighted by Gasteiger charge is -2.37. The number of sulfone groups is 1. The second kappa shape index (κ2) is 12.5. The van der Waals surface area contributed by atoms with Gasteiger partial charge >= 0.3 is 6.18 Å². The van der Waals surface area contributed by atoms with E-state index in [0.717, 1.165) is 16.5 Å². The number of aromatic hydroxyl groups is 1. The van der Waals surface area contributed by atoms with Gasteiger partial charge in [-0.1, -0.05) is 86.1 Å². The largest absolute Gasteiger partial charge is 0.506 e. The average Bonchev–Trinajstić information content (AvgIpc) is 3.15. The van der Waals surface area contributed by atoms with Gasteiger partial charge in [0.25, 0.3) is 0 Å². The molecule has 12 heteroatoms. The highest BCUT2D eigenvalue weighted by Gasteiger charge is 2.47. The van der Waals surface area contributed by atoms with Crippen LogP contribution in [-0.4, -0.2) is 25.2 Å². The zero-order chi connectivity index (χ0) is 34.4. The van der Waals surface area contributed by atoms with E-state index < -0.39 is 45.4 Å². The Hall–Kier alpha value is -4.48. The van der Waals surface area contributed by atoms with Gasteiger partial charge in [-0.05, 0) is 58.9 Å². The smallest absolute Gasteiger partial charge is 0.416 e. The molecule has 0 bridgehead atoms. The molecule has 0 aliphatic carbocycles. The van der Waals surface area contributed by atoms with Crippen molar-refractivity contribution in [2.75, 3.05) is 16.0 Å². The van der Waals surface area contributed by atoms with E-state index in [4.69, 9.17) is 16.3 Å². The summed E-state index contributed by atoms with van der Waals surface area (Å²) in [4.78, 5) is 15.5. The SMILES string of the molecule is CC1(C)CC2=C(C(c3ccc(OCc4ccccc4)c(Cl)c3)N(C(=O)Cc3ccccc3C(F)(F)F)c3cccc(O)c3N2)S(=O)(=O)C1. The zero-order valence-corrected chi connectivity index (χ0v) is 27.6. The number of hydrogen-bond donors (Lipinski definition) is 2. The van der Waals surface area contributed by atoms with Gasteiger partial charge in [0.15, 0.2) is 9.84 Å². The number of benzene rings is 4. The van der Waals surface area contributed by atoms with Crippen molar-refractivity contribution in [3.63, 3.8) is 0 Å². The number of halogens is 4. The van der Waals surface area contributed by atoms with Crippen molar-refractivity contribution in [3.05, 3.63) is 129 Å². The van der Waals surface area contributed by atoms with Crippen LogP contribution in [-0.2, 0) is 33.8 Å². The average molecular weight is 697 g/mol. The molecular formula is C36H32ClF3N2O5S. The predicted octanol–water partition coefficient (Wildman–Crippen LogP) is 8.44. The van der Waals surface area contributed by atoms with E-state index >= 15 is 0 Å². The van der Waals surface area contributed by atoms with Gasteiger partial charge < -0.3 is 15.2 Å². The number of anilines is 2. The lowest BCUT2D eigenvalue weighted by atomic mass is 9.88. The van der Waals surface area contributed by atoms with Gasteiger partial charge in [-0.25, -0.2) is 8.42 Å². The molecule has 1 amide bonds. The number of para-hydroxylation sites is 1. The number of hydrogen-bond acceptors (Lipinski definition) is 6. The summed E-state index contributed by atoms with van der Waals surface area (Å²) in [5.41, 5.74) is -0.359. The summed E-state index contributed by atoms with van der Waals surface area (Å²) in [6.07, 6.45) is -5.19. The van der Waals surface area contributed by atoms with Crippen LogP contribution in [0.1, 0.15) is 48.6 Å². The monoisotopic (exact) mass is 696 g/mol. The quantitative estimate of drug-likeness (QED) is 0.197. The van der Waals surface area contributed by atoms with Crippen LogP contribution in [0.5, 0.6) is 11.5 Å². The molecule has 1 unspecified atom stereocenters. The molecule has 0 spiro atoms. The molecule has 0 radical (unpaired) electrons. The number of phenols is 1. The minimum Gasteiger partial charge on any atom is -0.506 e. The first-order valence-corrected chi connectivity index (χ1v) is 17.2. The molecule has 0 fully saturated rings. The van der Waals surface area contributed by atoms with E-state index in [1.54, 1.807) is 26.0 Å². The first-order chi connectivity index (χ1) is 22.6. The third-order valence-electron chi connectivity index (χ3n) is 8.37. The maximum atomic E-state index is 14.5. The number of amides is 1. The standard InChI is InChI=1S/C36H32ClF3N2O5S/c1-35(2)19-27-34(48(45,46)21-35)33(24-15-16-30(26(37)17-24)47-20-22-9-4-3-5-10-22)42(28-13-8-14-29(43)32(28)41-27)31(44)18-23-11-6-7-12-25(23)36(38,39)40/h3-17,33,41,43H,18-21H2,1-2H3. The first kappa shape index (κ1) is 33.4. The Morgan fingerprint density at radius 3 is 2.44 bits per heavy atom. The minimum atomic E-state index is -4.73. The molecule has 2 N–H and O–H groups in total. The van der Waals surface area contributed by atoms with Crippen molar-refractivity contribution >= 4 is 38.7 Å². The Morgan fingerprint density at radius 2 is 1.73 bits per heavy atom. The summed E-state index contributed by atoms with van der Waals surface area (Å²) >= 11 is 6.73. The number of alkyl halides is 3. The second-order valence-electron chi connectivity index (χ2n) is 12.7. The summed E-state index contributed by atoms with van der Waals surface area (Å²) in [5, 5.41) is 14.3. The van der Waals surface area contributed by atoms with Crippen LogP contribution >= 0.6 is 11.6 Å². The number of allylic oxidation sites excluding steroid dienone is 1. The fraction of sp³-hybridized carbons (Fsp3) is 0.250. The molecule has 4 aromatic rings. The van der Waals surface area contributed by atoms with Crippen LogP contribution in [0, 0.1) is 5.41 Å². The summed E-state index contributed by atoms with van der Waals surface area (Å²) in [5.74, 6) is -1.02. The Kier molecular flexibility index (Phi) is 8.72. The summed E-state index contributed by atoms with van der Waals surface area (Å²) in [6.45, 7) is 3.81. The molecule has 4 aromatic carbocycles. The topological polar surface area (TPSA) is 95.9 Å². The maximum Gasteiger partial charge on any atom is 0.416 e. The normalized spacial score (nSPS) is 18.3. The molecule has 0 saturated heterocycles. The minimum absolute atomic E-state index is 0.0618. The van der Waals surface area contributed by atoms with Gasteiger partial charge in [-0.3, -0.25) is 9.69 Å². The zero-order valence-electron chi connectivity index (χ0n) is 26.0. The molecule has 1 atom stereocenters. The van der Waals surface area contributed by atoms with E-state index in [0.29, 0.717) is 11.3 Å². The Morgan fingerprint density at radius 1 is 1.02 bits per heavy atom. The number of ether oxygens (including phenoxy) is 1. The van der Waals surface area contributed by atoms with Gasteiger partial charge in [0, 0.05) is 5.70 Å². The summed E-state index contributed by atoms with van der Waals surface area (Å²) in [6, 6.07) is 21.8. The van der Waals surface area contributed by atoms with Crippen molar-refractivity contribution < 1.29 is 36.2 Å². The van der Waals surface area contributed by atoms with Gasteiger partial charge in [0.05, 0.1) is 39.4 Å². The molecule has 48 heavy (non-hydrogen) atoms. The Bertz CT molecular complexity index is 2030. The van der Waals surface area contributed by atoms with Crippen LogP contribution in [0.4, 0.5) is 24.5 Å². The molecule has 2 aliphatic heterocycles. The molecule has 250 valence electrons. The summed E-state index contributed by atoms with van der Waals surface area (Å²) < 4.78 is 76.4. The van der Waals surface area contributed by atoms with Crippen LogP contribution in [0.3, 0.4) is 0 Å². The number of nitrogens with zero attached hydrogens (tertiary/aromatic N) is 1. The second-order valence-corrected chi connectivity index (χ2v) is 15.1. The lowest BCUT2D eigenvalue weighted by molar-refractivity contribution is -0.138. The van der Waals surface area contributed by atoms with Crippen molar-refractivity contribution in [1.29, 1.82) is 0 Å². The number of fused-ring (bicyclic) bond motifs is 1. The van der Waals surface area contributed by atoms with Gasteiger partial charge in [-0.2, -0.15) is 13.2 Å². The molecule has 2 heterocycles. The highest BCUT2D eigenvalue weighted by Crippen LogP contribution is 2.52. The third kappa shape index (κ3) is 6.61.